The van der Waals surface area contributed by atoms with Crippen molar-refractivity contribution in [3.63, 3.8) is 0 Å². The van der Waals surface area contributed by atoms with Crippen LogP contribution < -0.4 is 10.6 Å². The molecule has 0 bridgehead atoms. The van der Waals surface area contributed by atoms with E-state index in [0.717, 1.165) is 37.1 Å². The third kappa shape index (κ3) is 4.70. The highest BCUT2D eigenvalue weighted by Crippen LogP contribution is 2.40. The number of hydrogen-bond acceptors (Lipinski definition) is 5. The molecule has 0 amide bonds. The van der Waals surface area contributed by atoms with Gasteiger partial charge in [-0.25, -0.2) is 18.7 Å². The lowest BCUT2D eigenvalue weighted by Gasteiger charge is -2.30. The van der Waals surface area contributed by atoms with Crippen molar-refractivity contribution in [1.29, 1.82) is 5.26 Å². The number of piperidine rings is 1. The van der Waals surface area contributed by atoms with Crippen molar-refractivity contribution in [2.45, 2.75) is 25.1 Å². The van der Waals surface area contributed by atoms with Crippen molar-refractivity contribution in [3.8, 4) is 28.5 Å². The second-order valence-corrected chi connectivity index (χ2v) is 8.90. The van der Waals surface area contributed by atoms with E-state index >= 15 is 0 Å². The zero-order chi connectivity index (χ0) is 26.3. The zero-order valence-electron chi connectivity index (χ0n) is 19.4. The number of rotatable bonds is 3. The maximum Gasteiger partial charge on any atom is 0.417 e. The van der Waals surface area contributed by atoms with Crippen LogP contribution in [0.3, 0.4) is 0 Å². The second-order valence-electron chi connectivity index (χ2n) is 8.90. The summed E-state index contributed by atoms with van der Waals surface area (Å²) in [5.41, 5.74) is 5.08. The van der Waals surface area contributed by atoms with Gasteiger partial charge in [-0.2, -0.15) is 18.4 Å². The largest absolute Gasteiger partial charge is 0.417 e. The van der Waals surface area contributed by atoms with Gasteiger partial charge in [-0.3, -0.25) is 0 Å². The molecule has 37 heavy (non-hydrogen) atoms. The van der Waals surface area contributed by atoms with Gasteiger partial charge >= 0.3 is 6.18 Å². The first-order valence-corrected chi connectivity index (χ1v) is 11.5. The van der Waals surface area contributed by atoms with Crippen molar-refractivity contribution in [1.82, 2.24) is 9.97 Å². The van der Waals surface area contributed by atoms with Crippen LogP contribution in [-0.4, -0.2) is 29.1 Å². The maximum atomic E-state index is 14.7. The number of halogens is 5. The number of hydrogen-bond donors (Lipinski definition) is 1. The Morgan fingerprint density at radius 2 is 1.65 bits per heavy atom. The minimum Gasteiger partial charge on any atom is -0.341 e. The molecule has 1 aliphatic heterocycles. The lowest BCUT2D eigenvalue weighted by atomic mass is 9.95. The fourth-order valence-corrected chi connectivity index (χ4v) is 4.54. The molecule has 1 aromatic heterocycles. The Balaban J connectivity index is 1.74. The molecule has 0 unspecified atom stereocenters. The molecule has 4 aromatic rings. The predicted molar refractivity (Wildman–Crippen MR) is 129 cm³/mol. The molecule has 0 atom stereocenters. The van der Waals surface area contributed by atoms with Gasteiger partial charge in [0.25, 0.3) is 0 Å². The summed E-state index contributed by atoms with van der Waals surface area (Å²) in [5, 5.41) is 9.42. The van der Waals surface area contributed by atoms with E-state index in [9.17, 15) is 22.0 Å². The minimum atomic E-state index is -4.78. The Hall–Kier alpha value is -4.10. The van der Waals surface area contributed by atoms with Gasteiger partial charge in [0.05, 0.1) is 22.3 Å². The van der Waals surface area contributed by atoms with Gasteiger partial charge in [0.2, 0.25) is 5.95 Å². The summed E-state index contributed by atoms with van der Waals surface area (Å²) in [4.78, 5) is 11.2. The van der Waals surface area contributed by atoms with Crippen molar-refractivity contribution < 1.29 is 22.0 Å². The molecular formula is C27H20F5N5. The van der Waals surface area contributed by atoms with E-state index < -0.39 is 28.9 Å². The molecule has 1 saturated heterocycles. The number of nitrogens with zero attached hydrogens (tertiary/aromatic N) is 4. The second kappa shape index (κ2) is 9.41. The molecular weight excluding hydrogens is 489 g/mol. The molecule has 3 aromatic carbocycles. The summed E-state index contributed by atoms with van der Waals surface area (Å²) in [5.74, 6) is -1.42. The molecule has 0 spiro atoms. The summed E-state index contributed by atoms with van der Waals surface area (Å²) >= 11 is 0. The van der Waals surface area contributed by atoms with E-state index in [-0.39, 0.29) is 22.9 Å². The lowest BCUT2D eigenvalue weighted by molar-refractivity contribution is -0.137. The highest BCUT2D eigenvalue weighted by molar-refractivity contribution is 5.96. The number of fused-ring (bicyclic) bond motifs is 1. The van der Waals surface area contributed by atoms with Crippen molar-refractivity contribution in [3.05, 3.63) is 77.4 Å². The molecule has 2 heterocycles. The average Bonchev–Trinajstić information content (AvgIpc) is 2.87. The Bertz CT molecular complexity index is 1540. The number of nitrogens with two attached hydrogens (primary N) is 1. The first-order chi connectivity index (χ1) is 17.7. The average molecular weight is 509 g/mol. The number of aromatic nitrogens is 2. The van der Waals surface area contributed by atoms with Gasteiger partial charge in [0.1, 0.15) is 17.7 Å². The van der Waals surface area contributed by atoms with E-state index in [1.54, 1.807) is 6.07 Å². The molecule has 10 heteroatoms. The molecule has 0 radical (unpaired) electrons. The molecule has 5 rings (SSSR count). The molecule has 1 aliphatic rings. The van der Waals surface area contributed by atoms with Gasteiger partial charge < -0.3 is 10.6 Å². The number of nitriles is 1. The Morgan fingerprint density at radius 1 is 0.919 bits per heavy atom. The van der Waals surface area contributed by atoms with Crippen LogP contribution in [0.1, 0.15) is 24.0 Å². The minimum absolute atomic E-state index is 0.0198. The normalized spacial score (nSPS) is 14.7. The third-order valence-corrected chi connectivity index (χ3v) is 6.48. The SMILES string of the molecule is N#Cc1ccc(-c2nc(N3CCC(N)CC3)nc3ccc(-c4c(F)cccc4C(F)(F)F)cc23)cc1F. The molecule has 188 valence electrons. The van der Waals surface area contributed by atoms with Crippen LogP contribution >= 0.6 is 0 Å². The van der Waals surface area contributed by atoms with Crippen LogP contribution in [0.25, 0.3) is 33.3 Å². The van der Waals surface area contributed by atoms with E-state index in [0.29, 0.717) is 35.5 Å². The highest BCUT2D eigenvalue weighted by atomic mass is 19.4. The number of anilines is 1. The van der Waals surface area contributed by atoms with Crippen LogP contribution in [-0.2, 0) is 6.18 Å². The first kappa shape index (κ1) is 24.6. The Kier molecular flexibility index (Phi) is 6.25. The molecule has 5 nitrogen and oxygen atoms in total. The molecule has 0 aliphatic carbocycles. The van der Waals surface area contributed by atoms with Crippen LogP contribution in [0, 0.1) is 23.0 Å². The van der Waals surface area contributed by atoms with Crippen molar-refractivity contribution in [2.24, 2.45) is 5.73 Å². The number of alkyl halides is 3. The van der Waals surface area contributed by atoms with Gasteiger partial charge in [0, 0.05) is 35.6 Å². The van der Waals surface area contributed by atoms with E-state index in [1.807, 2.05) is 4.90 Å². The Labute approximate surface area is 209 Å². The van der Waals surface area contributed by atoms with Crippen LogP contribution in [0.2, 0.25) is 0 Å². The van der Waals surface area contributed by atoms with Gasteiger partial charge in [-0.05, 0) is 54.8 Å². The molecule has 0 saturated carbocycles. The van der Waals surface area contributed by atoms with Crippen LogP contribution in [0.5, 0.6) is 0 Å². The van der Waals surface area contributed by atoms with Crippen LogP contribution in [0.15, 0.2) is 54.6 Å². The number of benzene rings is 3. The maximum absolute atomic E-state index is 14.7. The third-order valence-electron chi connectivity index (χ3n) is 6.48. The van der Waals surface area contributed by atoms with E-state index in [1.165, 1.54) is 30.3 Å². The molecule has 2 N–H and O–H groups in total. The summed E-state index contributed by atoms with van der Waals surface area (Å²) < 4.78 is 70.4. The standard InChI is InChI=1S/C27H20F5N5/c28-21-3-1-2-20(27(30,31)32)24(21)15-6-7-23-19(12-15)25(16-4-5-17(14-33)22(29)13-16)36-26(35-23)37-10-8-18(34)9-11-37/h1-7,12-13,18H,8-11,34H2. The summed E-state index contributed by atoms with van der Waals surface area (Å²) in [6.45, 7) is 1.21. The van der Waals surface area contributed by atoms with Crippen LogP contribution in [0.4, 0.5) is 27.9 Å². The van der Waals surface area contributed by atoms with E-state index in [2.05, 4.69) is 9.97 Å². The quantitative estimate of drug-likeness (QED) is 0.340. The van der Waals surface area contributed by atoms with Gasteiger partial charge in [0.15, 0.2) is 0 Å². The van der Waals surface area contributed by atoms with E-state index in [4.69, 9.17) is 11.0 Å². The topological polar surface area (TPSA) is 78.8 Å². The monoisotopic (exact) mass is 509 g/mol. The van der Waals surface area contributed by atoms with Gasteiger partial charge in [-0.15, -0.1) is 0 Å². The Morgan fingerprint density at radius 3 is 2.32 bits per heavy atom. The summed E-state index contributed by atoms with van der Waals surface area (Å²) in [7, 11) is 0. The lowest BCUT2D eigenvalue weighted by Crippen LogP contribution is -2.40. The smallest absolute Gasteiger partial charge is 0.341 e. The zero-order valence-corrected chi connectivity index (χ0v) is 19.4. The first-order valence-electron chi connectivity index (χ1n) is 11.5. The fourth-order valence-electron chi connectivity index (χ4n) is 4.54. The fraction of sp³-hybridized carbons (Fsp3) is 0.222. The van der Waals surface area contributed by atoms with Crippen molar-refractivity contribution >= 4 is 16.9 Å². The summed E-state index contributed by atoms with van der Waals surface area (Å²) in [6, 6.07) is 12.8. The van der Waals surface area contributed by atoms with Gasteiger partial charge in [-0.1, -0.05) is 18.2 Å². The highest BCUT2D eigenvalue weighted by Gasteiger charge is 2.35. The summed E-state index contributed by atoms with van der Waals surface area (Å²) in [6.07, 6.45) is -3.32. The predicted octanol–water partition coefficient (Wildman–Crippen LogP) is 6.06. The van der Waals surface area contributed by atoms with Crippen molar-refractivity contribution in [2.75, 3.05) is 18.0 Å². The molecule has 1 fully saturated rings.